The number of unbranched alkanes of at least 4 members (excludes halogenated alkanes) is 5. The Morgan fingerprint density at radius 1 is 0.723 bits per heavy atom. The van der Waals surface area contributed by atoms with E-state index in [4.69, 9.17) is 24.1 Å². The number of hydrogen-bond donors (Lipinski definition) is 2. The highest BCUT2D eigenvalue weighted by molar-refractivity contribution is 5.93. The van der Waals surface area contributed by atoms with Crippen molar-refractivity contribution in [1.29, 1.82) is 0 Å². The molecule has 3 aromatic rings. The van der Waals surface area contributed by atoms with Crippen LogP contribution in [0.3, 0.4) is 0 Å². The summed E-state index contributed by atoms with van der Waals surface area (Å²) in [5, 5.41) is 10.2. The normalized spacial score (nSPS) is 11.0. The number of nitrogens with one attached hydrogen (secondary N) is 1. The maximum Gasteiger partial charge on any atom is 0.343 e. The van der Waals surface area contributed by atoms with E-state index in [9.17, 15) is 19.2 Å². The number of amides is 1. The Balaban J connectivity index is 0.00000181. The Morgan fingerprint density at radius 3 is 1.77 bits per heavy atom. The van der Waals surface area contributed by atoms with Gasteiger partial charge < -0.3 is 24.6 Å². The van der Waals surface area contributed by atoms with Crippen LogP contribution in [-0.2, 0) is 25.5 Å². The largest absolute Gasteiger partial charge is 0.481 e. The quantitative estimate of drug-likeness (QED) is 0.0959. The van der Waals surface area contributed by atoms with Gasteiger partial charge in [-0.2, -0.15) is 0 Å². The summed E-state index contributed by atoms with van der Waals surface area (Å²) in [6, 6.07) is 20.6. The number of carboxylic acid groups (broad SMARTS) is 1. The molecule has 1 atom stereocenters. The van der Waals surface area contributed by atoms with E-state index in [-0.39, 0.29) is 29.9 Å². The summed E-state index contributed by atoms with van der Waals surface area (Å²) in [5.74, 6) is -2.84. The van der Waals surface area contributed by atoms with E-state index in [0.29, 0.717) is 23.1 Å². The lowest BCUT2D eigenvalue weighted by Gasteiger charge is -2.20. The van der Waals surface area contributed by atoms with Crippen molar-refractivity contribution < 1.29 is 43.3 Å². The molecule has 0 saturated heterocycles. The van der Waals surface area contributed by atoms with Crippen molar-refractivity contribution in [2.24, 2.45) is 0 Å². The van der Waals surface area contributed by atoms with Gasteiger partial charge in [0.2, 0.25) is 5.91 Å². The van der Waals surface area contributed by atoms with Crippen LogP contribution >= 0.6 is 0 Å². The fourth-order valence-corrected chi connectivity index (χ4v) is 4.39. The molecule has 0 aliphatic carbocycles. The molecular weight excluding hydrogens is 602 g/mol. The summed E-state index contributed by atoms with van der Waals surface area (Å²) < 4.78 is 16.7. The number of rotatable bonds is 16. The molecule has 0 spiro atoms. The summed E-state index contributed by atoms with van der Waals surface area (Å²) in [5.41, 5.74) is 1.21. The first kappa shape index (κ1) is 38.2. The molecule has 0 aliphatic heterocycles. The Hall–Kier alpha value is -4.99. The fraction of sp³-hybridized carbons (Fsp3) is 0.378. The van der Waals surface area contributed by atoms with E-state index >= 15 is 0 Å². The molecule has 1 unspecified atom stereocenters. The van der Waals surface area contributed by atoms with Gasteiger partial charge >= 0.3 is 17.9 Å². The third-order valence-electron chi connectivity index (χ3n) is 6.60. The minimum absolute atomic E-state index is 0.00465. The van der Waals surface area contributed by atoms with Gasteiger partial charge in [-0.25, -0.2) is 14.4 Å². The molecule has 0 saturated carbocycles. The minimum Gasteiger partial charge on any atom is -0.481 e. The van der Waals surface area contributed by atoms with Crippen LogP contribution in [0.2, 0.25) is 0 Å². The van der Waals surface area contributed by atoms with Crippen molar-refractivity contribution in [2.75, 3.05) is 0 Å². The predicted molar refractivity (Wildman–Crippen MR) is 177 cm³/mol. The van der Waals surface area contributed by atoms with Crippen molar-refractivity contribution in [3.63, 3.8) is 0 Å². The fourth-order valence-electron chi connectivity index (χ4n) is 4.39. The highest BCUT2D eigenvalue weighted by Crippen LogP contribution is 2.31. The SMILES string of the molecule is CC(=O)O.CCCCCCCCC(=O)NC(Cc1ccc(OC(=O)c2ccccc2)c(OC(=O)c2ccccc2)c1)C(=O)OC(C)C. The van der Waals surface area contributed by atoms with Gasteiger partial charge in [-0.15, -0.1) is 0 Å². The van der Waals surface area contributed by atoms with Crippen LogP contribution in [0.25, 0.3) is 0 Å². The molecule has 252 valence electrons. The molecule has 0 aliphatic rings. The number of benzene rings is 3. The third kappa shape index (κ3) is 15.2. The molecule has 10 heteroatoms. The zero-order chi connectivity index (χ0) is 34.6. The van der Waals surface area contributed by atoms with E-state index in [1.807, 2.05) is 0 Å². The molecule has 0 fully saturated rings. The zero-order valence-corrected chi connectivity index (χ0v) is 27.5. The summed E-state index contributed by atoms with van der Waals surface area (Å²) in [4.78, 5) is 60.4. The predicted octanol–water partition coefficient (Wildman–Crippen LogP) is 6.95. The van der Waals surface area contributed by atoms with Crippen LogP contribution in [0.1, 0.15) is 98.9 Å². The van der Waals surface area contributed by atoms with Gasteiger partial charge in [0.1, 0.15) is 6.04 Å². The van der Waals surface area contributed by atoms with Crippen LogP contribution in [0.4, 0.5) is 0 Å². The topological polar surface area (TPSA) is 145 Å². The van der Waals surface area contributed by atoms with E-state index in [2.05, 4.69) is 12.2 Å². The van der Waals surface area contributed by atoms with E-state index in [1.165, 1.54) is 18.6 Å². The molecule has 0 heterocycles. The second kappa shape index (κ2) is 20.9. The van der Waals surface area contributed by atoms with Gasteiger partial charge in [0, 0.05) is 19.8 Å². The first-order chi connectivity index (χ1) is 22.5. The minimum atomic E-state index is -0.953. The molecule has 0 radical (unpaired) electrons. The maximum absolute atomic E-state index is 13.0. The molecule has 47 heavy (non-hydrogen) atoms. The number of ether oxygens (including phenoxy) is 3. The zero-order valence-electron chi connectivity index (χ0n) is 27.5. The Kier molecular flexibility index (Phi) is 17.0. The van der Waals surface area contributed by atoms with Gasteiger partial charge in [0.25, 0.3) is 5.97 Å². The lowest BCUT2D eigenvalue weighted by Crippen LogP contribution is -2.44. The molecule has 3 aromatic carbocycles. The number of esters is 3. The van der Waals surface area contributed by atoms with Crippen molar-refractivity contribution in [1.82, 2.24) is 5.32 Å². The molecule has 2 N–H and O–H groups in total. The summed E-state index contributed by atoms with van der Waals surface area (Å²) >= 11 is 0. The van der Waals surface area contributed by atoms with Crippen LogP contribution in [0, 0.1) is 0 Å². The van der Waals surface area contributed by atoms with E-state index < -0.39 is 29.9 Å². The lowest BCUT2D eigenvalue weighted by molar-refractivity contribution is -0.151. The van der Waals surface area contributed by atoms with Crippen LogP contribution in [0.15, 0.2) is 78.9 Å². The summed E-state index contributed by atoms with van der Waals surface area (Å²) in [6.07, 6.45) is 6.28. The summed E-state index contributed by atoms with van der Waals surface area (Å²) in [7, 11) is 0. The van der Waals surface area contributed by atoms with Gasteiger partial charge in [-0.3, -0.25) is 9.59 Å². The smallest absolute Gasteiger partial charge is 0.343 e. The van der Waals surface area contributed by atoms with Gasteiger partial charge in [-0.05, 0) is 62.2 Å². The van der Waals surface area contributed by atoms with E-state index in [0.717, 1.165) is 39.0 Å². The average molecular weight is 648 g/mol. The Morgan fingerprint density at radius 2 is 1.23 bits per heavy atom. The first-order valence-corrected chi connectivity index (χ1v) is 15.9. The molecular formula is C37H45NO9. The Bertz CT molecular complexity index is 1430. The second-order valence-electron chi connectivity index (χ2n) is 11.1. The highest BCUT2D eigenvalue weighted by atomic mass is 16.6. The first-order valence-electron chi connectivity index (χ1n) is 15.9. The number of aliphatic carboxylic acids is 1. The maximum atomic E-state index is 13.0. The average Bonchev–Trinajstić information content (AvgIpc) is 3.03. The lowest BCUT2D eigenvalue weighted by atomic mass is 10.0. The van der Waals surface area contributed by atoms with Gasteiger partial charge in [0.15, 0.2) is 11.5 Å². The van der Waals surface area contributed by atoms with E-state index in [1.54, 1.807) is 80.6 Å². The number of carbonyl (C=O) groups is 5. The van der Waals surface area contributed by atoms with Crippen LogP contribution < -0.4 is 14.8 Å². The van der Waals surface area contributed by atoms with Crippen molar-refractivity contribution in [3.8, 4) is 11.5 Å². The molecule has 0 aromatic heterocycles. The highest BCUT2D eigenvalue weighted by Gasteiger charge is 2.25. The van der Waals surface area contributed by atoms with Crippen molar-refractivity contribution in [3.05, 3.63) is 95.6 Å². The van der Waals surface area contributed by atoms with Crippen molar-refractivity contribution in [2.45, 2.75) is 91.2 Å². The monoisotopic (exact) mass is 647 g/mol. The number of hydrogen-bond acceptors (Lipinski definition) is 8. The van der Waals surface area contributed by atoms with Gasteiger partial charge in [0.05, 0.1) is 17.2 Å². The molecule has 10 nitrogen and oxygen atoms in total. The number of carboxylic acids is 1. The Labute approximate surface area is 276 Å². The standard InChI is InChI=1S/C35H41NO7.C2H4O2/c1-4-5-6-7-8-15-20-32(37)36-29(35(40)41-25(2)3)23-26-21-22-30(42-33(38)27-16-11-9-12-17-27)31(24-26)43-34(39)28-18-13-10-14-19-28;1-2(3)4/h9-14,16-19,21-22,24-25,29H,4-8,15,20,23H2,1-3H3,(H,36,37);1H3,(H,3,4). The third-order valence-corrected chi connectivity index (χ3v) is 6.60. The van der Waals surface area contributed by atoms with Gasteiger partial charge in [-0.1, -0.05) is 81.5 Å². The second-order valence-corrected chi connectivity index (χ2v) is 11.1. The number of carbonyl (C=O) groups excluding carboxylic acids is 4. The molecule has 0 bridgehead atoms. The molecule has 1 amide bonds. The van der Waals surface area contributed by atoms with Crippen molar-refractivity contribution >= 4 is 29.8 Å². The molecule has 3 rings (SSSR count). The van der Waals surface area contributed by atoms with Crippen LogP contribution in [-0.4, -0.2) is 47.0 Å². The van der Waals surface area contributed by atoms with Crippen LogP contribution in [0.5, 0.6) is 11.5 Å². The summed E-state index contributed by atoms with van der Waals surface area (Å²) in [6.45, 7) is 6.72.